The van der Waals surface area contributed by atoms with Crippen LogP contribution < -0.4 is 0 Å². The second-order valence-corrected chi connectivity index (χ2v) is 3.79. The highest BCUT2D eigenvalue weighted by atomic mass is 16.3. The van der Waals surface area contributed by atoms with Gasteiger partial charge in [0, 0.05) is 6.61 Å². The second kappa shape index (κ2) is 9.79. The topological polar surface area (TPSA) is 20.2 Å². The van der Waals surface area contributed by atoms with Gasteiger partial charge in [-0.05, 0) is 18.8 Å². The zero-order chi connectivity index (χ0) is 9.94. The van der Waals surface area contributed by atoms with E-state index in [4.69, 9.17) is 5.11 Å². The third kappa shape index (κ3) is 9.62. The zero-order valence-corrected chi connectivity index (χ0v) is 9.13. The molecule has 0 aromatic carbocycles. The van der Waals surface area contributed by atoms with E-state index in [1.54, 1.807) is 0 Å². The molecule has 0 aliphatic heterocycles. The second-order valence-electron chi connectivity index (χ2n) is 3.79. The molecule has 0 rings (SSSR count). The quantitative estimate of drug-likeness (QED) is 0.452. The molecule has 13 heavy (non-hydrogen) atoms. The highest BCUT2D eigenvalue weighted by molar-refractivity contribution is 4.85. The van der Waals surface area contributed by atoms with Gasteiger partial charge in [-0.2, -0.15) is 0 Å². The molecule has 1 unspecified atom stereocenters. The van der Waals surface area contributed by atoms with Crippen molar-refractivity contribution in [3.63, 3.8) is 0 Å². The van der Waals surface area contributed by atoms with Crippen molar-refractivity contribution in [2.24, 2.45) is 5.92 Å². The molecule has 0 heterocycles. The summed E-state index contributed by atoms with van der Waals surface area (Å²) in [7, 11) is 0. The van der Waals surface area contributed by atoms with Crippen molar-refractivity contribution in [1.82, 2.24) is 0 Å². The van der Waals surface area contributed by atoms with Crippen LogP contribution in [0.4, 0.5) is 0 Å². The summed E-state index contributed by atoms with van der Waals surface area (Å²) in [6, 6.07) is 0. The Balaban J connectivity index is 3.10. The van der Waals surface area contributed by atoms with E-state index in [0.29, 0.717) is 5.92 Å². The average Bonchev–Trinajstić information content (AvgIpc) is 2.16. The molecule has 1 heteroatoms. The highest BCUT2D eigenvalue weighted by Gasteiger charge is 1.91. The summed E-state index contributed by atoms with van der Waals surface area (Å²) in [6.45, 7) is 4.54. The molecule has 78 valence electrons. The number of hydrogen-bond donors (Lipinski definition) is 1. The summed E-state index contributed by atoms with van der Waals surface area (Å²) in [4.78, 5) is 0. The van der Waals surface area contributed by atoms with Gasteiger partial charge in [-0.3, -0.25) is 0 Å². The van der Waals surface area contributed by atoms with E-state index >= 15 is 0 Å². The summed E-state index contributed by atoms with van der Waals surface area (Å²) >= 11 is 0. The summed E-state index contributed by atoms with van der Waals surface area (Å²) in [5.74, 6) is 0.329. The van der Waals surface area contributed by atoms with Crippen LogP contribution in [-0.2, 0) is 0 Å². The first-order chi connectivity index (χ1) is 6.31. The van der Waals surface area contributed by atoms with Crippen LogP contribution in [0.2, 0.25) is 0 Å². The maximum Gasteiger partial charge on any atom is 0.0491 e. The molecular weight excluding hydrogens is 160 g/mol. The van der Waals surface area contributed by atoms with Crippen molar-refractivity contribution in [2.75, 3.05) is 6.61 Å². The molecule has 0 aromatic rings. The van der Waals surface area contributed by atoms with Crippen LogP contribution in [0.25, 0.3) is 0 Å². The first kappa shape index (κ1) is 12.7. The van der Waals surface area contributed by atoms with Gasteiger partial charge in [-0.1, -0.05) is 51.7 Å². The van der Waals surface area contributed by atoms with Crippen LogP contribution in [-0.4, -0.2) is 11.7 Å². The molecule has 0 radical (unpaired) electrons. The Morgan fingerprint density at radius 2 is 1.85 bits per heavy atom. The van der Waals surface area contributed by atoms with E-state index in [1.807, 2.05) is 6.92 Å². The van der Waals surface area contributed by atoms with Gasteiger partial charge >= 0.3 is 0 Å². The van der Waals surface area contributed by atoms with Crippen molar-refractivity contribution in [3.8, 4) is 0 Å². The minimum absolute atomic E-state index is 0.270. The monoisotopic (exact) mass is 184 g/mol. The lowest BCUT2D eigenvalue weighted by Crippen LogP contribution is -1.94. The summed E-state index contributed by atoms with van der Waals surface area (Å²) in [5, 5.41) is 8.76. The number of aliphatic hydroxyl groups excluding tert-OH is 1. The van der Waals surface area contributed by atoms with Crippen LogP contribution in [0.15, 0.2) is 12.2 Å². The Morgan fingerprint density at radius 1 is 1.15 bits per heavy atom. The van der Waals surface area contributed by atoms with Gasteiger partial charge in [0.1, 0.15) is 0 Å². The van der Waals surface area contributed by atoms with Crippen LogP contribution in [0.5, 0.6) is 0 Å². The molecule has 1 nitrogen and oxygen atoms in total. The normalized spacial score (nSPS) is 13.8. The number of rotatable bonds is 8. The Morgan fingerprint density at radius 3 is 2.46 bits per heavy atom. The maximum atomic E-state index is 8.76. The van der Waals surface area contributed by atoms with Crippen molar-refractivity contribution in [3.05, 3.63) is 12.2 Å². The van der Waals surface area contributed by atoms with Crippen LogP contribution in [0.1, 0.15) is 52.4 Å². The number of hydrogen-bond acceptors (Lipinski definition) is 1. The molecule has 0 spiro atoms. The molecule has 0 saturated heterocycles. The van der Waals surface area contributed by atoms with Gasteiger partial charge in [0.05, 0.1) is 0 Å². The number of unbranched alkanes of at least 4 members (excludes halogenated alkanes) is 5. The Bertz CT molecular complexity index is 118. The Labute approximate surface area is 82.9 Å². The number of aliphatic hydroxyl groups is 1. The van der Waals surface area contributed by atoms with Crippen molar-refractivity contribution >= 4 is 0 Å². The Hall–Kier alpha value is -0.300. The van der Waals surface area contributed by atoms with E-state index < -0.39 is 0 Å². The minimum Gasteiger partial charge on any atom is -0.396 e. The third-order valence-corrected chi connectivity index (χ3v) is 2.23. The molecular formula is C12H24O. The smallest absolute Gasteiger partial charge is 0.0491 e. The van der Waals surface area contributed by atoms with E-state index in [0.717, 1.165) is 0 Å². The molecule has 0 aliphatic rings. The molecule has 0 aliphatic carbocycles. The molecule has 0 fully saturated rings. The van der Waals surface area contributed by atoms with Crippen LogP contribution in [0, 0.1) is 5.92 Å². The first-order valence-corrected chi connectivity index (χ1v) is 5.58. The zero-order valence-electron chi connectivity index (χ0n) is 9.13. The summed E-state index contributed by atoms with van der Waals surface area (Å²) in [5.41, 5.74) is 0. The van der Waals surface area contributed by atoms with Crippen molar-refractivity contribution < 1.29 is 5.11 Å². The molecule has 0 bridgehead atoms. The molecule has 1 N–H and O–H groups in total. The molecule has 0 amide bonds. The average molecular weight is 184 g/mol. The van der Waals surface area contributed by atoms with E-state index in [1.165, 1.54) is 38.5 Å². The third-order valence-electron chi connectivity index (χ3n) is 2.23. The Kier molecular flexibility index (Phi) is 9.56. The van der Waals surface area contributed by atoms with Gasteiger partial charge in [-0.15, -0.1) is 0 Å². The van der Waals surface area contributed by atoms with E-state index in [9.17, 15) is 0 Å². The number of allylic oxidation sites excluding steroid dienone is 1. The van der Waals surface area contributed by atoms with Gasteiger partial charge < -0.3 is 5.11 Å². The lowest BCUT2D eigenvalue weighted by molar-refractivity contribution is 0.262. The van der Waals surface area contributed by atoms with Crippen molar-refractivity contribution in [1.29, 1.82) is 0 Å². The van der Waals surface area contributed by atoms with Gasteiger partial charge in [0.15, 0.2) is 0 Å². The summed E-state index contributed by atoms with van der Waals surface area (Å²) < 4.78 is 0. The predicted molar refractivity (Wildman–Crippen MR) is 58.8 cm³/mol. The SMILES string of the molecule is CCCCCCC/C=C\C(C)CO. The van der Waals surface area contributed by atoms with E-state index in [2.05, 4.69) is 19.1 Å². The molecule has 1 atom stereocenters. The predicted octanol–water partition coefficient (Wildman–Crippen LogP) is 3.53. The van der Waals surface area contributed by atoms with Crippen molar-refractivity contribution in [2.45, 2.75) is 52.4 Å². The largest absolute Gasteiger partial charge is 0.396 e. The fourth-order valence-corrected chi connectivity index (χ4v) is 1.26. The molecule has 0 aromatic heterocycles. The fraction of sp³-hybridized carbons (Fsp3) is 0.833. The van der Waals surface area contributed by atoms with Gasteiger partial charge in [-0.25, -0.2) is 0 Å². The fourth-order valence-electron chi connectivity index (χ4n) is 1.26. The maximum absolute atomic E-state index is 8.76. The van der Waals surface area contributed by atoms with Gasteiger partial charge in [0.25, 0.3) is 0 Å². The minimum atomic E-state index is 0.270. The highest BCUT2D eigenvalue weighted by Crippen LogP contribution is 2.06. The standard InChI is InChI=1S/C12H24O/c1-3-4-5-6-7-8-9-10-12(2)11-13/h9-10,12-13H,3-8,11H2,1-2H3/b10-9-. The van der Waals surface area contributed by atoms with Crippen LogP contribution >= 0.6 is 0 Å². The van der Waals surface area contributed by atoms with Crippen LogP contribution in [0.3, 0.4) is 0 Å². The van der Waals surface area contributed by atoms with E-state index in [-0.39, 0.29) is 6.61 Å². The lowest BCUT2D eigenvalue weighted by Gasteiger charge is -1.99. The first-order valence-electron chi connectivity index (χ1n) is 5.58. The van der Waals surface area contributed by atoms with Gasteiger partial charge in [0.2, 0.25) is 0 Å². The summed E-state index contributed by atoms with van der Waals surface area (Å²) in [6.07, 6.45) is 12.2. The molecule has 0 saturated carbocycles. The lowest BCUT2D eigenvalue weighted by atomic mass is 10.1.